The summed E-state index contributed by atoms with van der Waals surface area (Å²) >= 11 is 6.50. The Morgan fingerprint density at radius 3 is 2.56 bits per heavy atom. The Labute approximate surface area is 191 Å². The van der Waals surface area contributed by atoms with Crippen molar-refractivity contribution in [3.05, 3.63) is 70.9 Å². The van der Waals surface area contributed by atoms with Gasteiger partial charge in [0.05, 0.1) is 0 Å². The first-order valence-electron chi connectivity index (χ1n) is 10.6. The zero-order valence-corrected chi connectivity index (χ0v) is 18.7. The number of carbonyl (C=O) groups excluding carboxylic acids is 3. The van der Waals surface area contributed by atoms with Crippen LogP contribution in [-0.2, 0) is 9.59 Å². The third kappa shape index (κ3) is 3.96. The van der Waals surface area contributed by atoms with E-state index in [-0.39, 0.29) is 24.9 Å². The van der Waals surface area contributed by atoms with Crippen molar-refractivity contribution in [1.82, 2.24) is 20.5 Å². The molecule has 3 aromatic rings. The topological polar surface area (TPSA) is 94.3 Å². The van der Waals surface area contributed by atoms with Gasteiger partial charge in [0.2, 0.25) is 5.91 Å². The van der Waals surface area contributed by atoms with E-state index < -0.39 is 17.5 Å². The normalized spacial score (nSPS) is 19.3. The summed E-state index contributed by atoms with van der Waals surface area (Å²) in [5, 5.41) is 7.19. The van der Waals surface area contributed by atoms with E-state index in [0.717, 1.165) is 26.9 Å². The van der Waals surface area contributed by atoms with Crippen LogP contribution in [0.3, 0.4) is 0 Å². The molecule has 2 aromatic carbocycles. The summed E-state index contributed by atoms with van der Waals surface area (Å²) in [5.41, 5.74) is 1.90. The van der Waals surface area contributed by atoms with Crippen LogP contribution in [0.25, 0.3) is 10.9 Å². The number of nitrogens with zero attached hydrogens (tertiary/aromatic N) is 1. The van der Waals surface area contributed by atoms with E-state index in [4.69, 9.17) is 11.6 Å². The maximum Gasteiger partial charge on any atom is 0.325 e. The molecule has 3 N–H and O–H groups in total. The highest BCUT2D eigenvalue weighted by atomic mass is 35.5. The SMILES string of the molecule is CC[C@@]1(C)NC(=O)N(CC(=O)NC[C@H](c2ccccc2Cl)c2c[nH]c3ccccc23)C1=O. The molecule has 1 saturated heterocycles. The second-order valence-electron chi connectivity index (χ2n) is 8.17. The molecule has 0 unspecified atom stereocenters. The van der Waals surface area contributed by atoms with Crippen molar-refractivity contribution >= 4 is 40.3 Å². The zero-order valence-electron chi connectivity index (χ0n) is 17.9. The molecule has 4 rings (SSSR count). The van der Waals surface area contributed by atoms with Crippen LogP contribution in [0.15, 0.2) is 54.7 Å². The fraction of sp³-hybridized carbons (Fsp3) is 0.292. The van der Waals surface area contributed by atoms with E-state index in [9.17, 15) is 14.4 Å². The van der Waals surface area contributed by atoms with Crippen molar-refractivity contribution in [2.45, 2.75) is 31.7 Å². The van der Waals surface area contributed by atoms with Gasteiger partial charge in [-0.3, -0.25) is 14.5 Å². The Bertz CT molecular complexity index is 1190. The number of nitrogens with one attached hydrogen (secondary N) is 3. The van der Waals surface area contributed by atoms with Crippen molar-refractivity contribution in [2.75, 3.05) is 13.1 Å². The molecule has 0 spiro atoms. The fourth-order valence-corrected chi connectivity index (χ4v) is 4.34. The van der Waals surface area contributed by atoms with E-state index >= 15 is 0 Å². The number of carbonyl (C=O) groups is 3. The predicted octanol–water partition coefficient (Wildman–Crippen LogP) is 3.79. The van der Waals surface area contributed by atoms with Crippen molar-refractivity contribution in [3.8, 4) is 0 Å². The summed E-state index contributed by atoms with van der Waals surface area (Å²) in [4.78, 5) is 41.8. The molecule has 2 atom stereocenters. The van der Waals surface area contributed by atoms with Gasteiger partial charge in [0, 0.05) is 34.6 Å². The highest BCUT2D eigenvalue weighted by Gasteiger charge is 2.47. The lowest BCUT2D eigenvalue weighted by Crippen LogP contribution is -2.45. The molecule has 0 aliphatic carbocycles. The van der Waals surface area contributed by atoms with Gasteiger partial charge in [-0.15, -0.1) is 0 Å². The maximum atomic E-state index is 12.7. The molecule has 1 aliphatic heterocycles. The standard InChI is InChI=1S/C24H25ClN4O3/c1-3-24(2)22(31)29(23(32)28-24)14-21(30)27-13-17(15-8-4-6-10-19(15)25)18-12-26-20-11-7-5-9-16(18)20/h4-12,17,26H,3,13-14H2,1-2H3,(H,27,30)(H,28,32)/t17-,24-/m1/s1. The van der Waals surface area contributed by atoms with Gasteiger partial charge < -0.3 is 15.6 Å². The molecule has 32 heavy (non-hydrogen) atoms. The average molecular weight is 453 g/mol. The molecule has 8 heteroatoms. The van der Waals surface area contributed by atoms with Gasteiger partial charge in [0.25, 0.3) is 5.91 Å². The number of benzene rings is 2. The Hall–Kier alpha value is -3.32. The Morgan fingerprint density at radius 2 is 1.84 bits per heavy atom. The number of aromatic amines is 1. The average Bonchev–Trinajstić information content (AvgIpc) is 3.30. The van der Waals surface area contributed by atoms with Gasteiger partial charge in [0.1, 0.15) is 12.1 Å². The number of para-hydroxylation sites is 1. The summed E-state index contributed by atoms with van der Waals surface area (Å²) in [6, 6.07) is 14.9. The number of fused-ring (bicyclic) bond motifs is 1. The van der Waals surface area contributed by atoms with Crippen LogP contribution < -0.4 is 10.6 Å². The van der Waals surface area contributed by atoms with Gasteiger partial charge in [-0.2, -0.15) is 0 Å². The predicted molar refractivity (Wildman–Crippen MR) is 124 cm³/mol. The Morgan fingerprint density at radius 1 is 1.12 bits per heavy atom. The molecule has 1 aromatic heterocycles. The zero-order chi connectivity index (χ0) is 22.9. The molecule has 4 amide bonds. The maximum absolute atomic E-state index is 12.7. The molecule has 1 fully saturated rings. The van der Waals surface area contributed by atoms with Gasteiger partial charge in [0.15, 0.2) is 0 Å². The largest absolute Gasteiger partial charge is 0.361 e. The first kappa shape index (κ1) is 21.9. The highest BCUT2D eigenvalue weighted by molar-refractivity contribution is 6.31. The van der Waals surface area contributed by atoms with E-state index in [1.54, 1.807) is 6.92 Å². The Kier molecular flexibility index (Phi) is 5.93. The summed E-state index contributed by atoms with van der Waals surface area (Å²) in [6.07, 6.45) is 2.37. The van der Waals surface area contributed by atoms with Crippen LogP contribution in [0, 0.1) is 0 Å². The van der Waals surface area contributed by atoms with Crippen molar-refractivity contribution in [2.24, 2.45) is 0 Å². The fourth-order valence-electron chi connectivity index (χ4n) is 4.07. The smallest absolute Gasteiger partial charge is 0.325 e. The van der Waals surface area contributed by atoms with Crippen LogP contribution in [0.2, 0.25) is 5.02 Å². The molecule has 0 radical (unpaired) electrons. The molecule has 166 valence electrons. The second-order valence-corrected chi connectivity index (χ2v) is 8.58. The third-order valence-electron chi connectivity index (χ3n) is 6.13. The number of rotatable bonds is 7. The third-order valence-corrected chi connectivity index (χ3v) is 6.48. The van der Waals surface area contributed by atoms with Crippen LogP contribution in [0.4, 0.5) is 4.79 Å². The minimum absolute atomic E-state index is 0.215. The van der Waals surface area contributed by atoms with Crippen LogP contribution in [0.5, 0.6) is 0 Å². The van der Waals surface area contributed by atoms with Crippen molar-refractivity contribution in [1.29, 1.82) is 0 Å². The van der Waals surface area contributed by atoms with Crippen LogP contribution >= 0.6 is 11.6 Å². The number of hydrogen-bond acceptors (Lipinski definition) is 3. The first-order valence-corrected chi connectivity index (χ1v) is 10.9. The minimum Gasteiger partial charge on any atom is -0.361 e. The molecule has 0 bridgehead atoms. The molecule has 2 heterocycles. The molecular weight excluding hydrogens is 428 g/mol. The van der Waals surface area contributed by atoms with Gasteiger partial charge in [-0.1, -0.05) is 54.9 Å². The number of amides is 4. The number of hydrogen-bond donors (Lipinski definition) is 3. The minimum atomic E-state index is -0.971. The molecular formula is C24H25ClN4O3. The number of H-pyrrole nitrogens is 1. The van der Waals surface area contributed by atoms with Gasteiger partial charge in [-0.05, 0) is 36.6 Å². The number of aromatic nitrogens is 1. The lowest BCUT2D eigenvalue weighted by molar-refractivity contribution is -0.134. The quantitative estimate of drug-likeness (QED) is 0.476. The molecule has 1 aliphatic rings. The second kappa shape index (κ2) is 8.67. The molecule has 0 saturated carbocycles. The van der Waals surface area contributed by atoms with Crippen molar-refractivity contribution < 1.29 is 14.4 Å². The van der Waals surface area contributed by atoms with Crippen molar-refractivity contribution in [3.63, 3.8) is 0 Å². The lowest BCUT2D eigenvalue weighted by atomic mass is 9.90. The summed E-state index contributed by atoms with van der Waals surface area (Å²) in [7, 11) is 0. The Balaban J connectivity index is 1.55. The van der Waals surface area contributed by atoms with Crippen LogP contribution in [0.1, 0.15) is 37.3 Å². The van der Waals surface area contributed by atoms with E-state index in [1.807, 2.05) is 61.7 Å². The number of halogens is 1. The van der Waals surface area contributed by atoms with Gasteiger partial charge >= 0.3 is 6.03 Å². The first-order chi connectivity index (χ1) is 15.3. The molecule has 7 nitrogen and oxygen atoms in total. The van der Waals surface area contributed by atoms with E-state index in [1.165, 1.54) is 0 Å². The summed E-state index contributed by atoms with van der Waals surface area (Å²) in [5.74, 6) is -1.02. The highest BCUT2D eigenvalue weighted by Crippen LogP contribution is 2.34. The number of urea groups is 1. The monoisotopic (exact) mass is 452 g/mol. The van der Waals surface area contributed by atoms with Gasteiger partial charge in [-0.25, -0.2) is 4.79 Å². The number of imide groups is 1. The van der Waals surface area contributed by atoms with Crippen LogP contribution in [-0.4, -0.2) is 46.4 Å². The van der Waals surface area contributed by atoms with E-state index in [2.05, 4.69) is 15.6 Å². The lowest BCUT2D eigenvalue weighted by Gasteiger charge is -2.21. The van der Waals surface area contributed by atoms with E-state index in [0.29, 0.717) is 11.4 Å². The summed E-state index contributed by atoms with van der Waals surface area (Å²) < 4.78 is 0. The summed E-state index contributed by atoms with van der Waals surface area (Å²) in [6.45, 7) is 3.41.